The van der Waals surface area contributed by atoms with Gasteiger partial charge in [-0.25, -0.2) is 0 Å². The zero-order valence-corrected chi connectivity index (χ0v) is 14.3. The van der Waals surface area contributed by atoms with E-state index in [-0.39, 0.29) is 0 Å². The van der Waals surface area contributed by atoms with Gasteiger partial charge in [0.1, 0.15) is 0 Å². The molecular weight excluding hydrogens is 244 g/mol. The first-order valence-corrected chi connectivity index (χ1v) is 9.17. The number of unbranched alkanes of at least 4 members (excludes halogenated alkanes) is 1. The van der Waals surface area contributed by atoms with Crippen molar-refractivity contribution < 1.29 is 0 Å². The number of hydrogen-bond donors (Lipinski definition) is 1. The quantitative estimate of drug-likeness (QED) is 0.627. The van der Waals surface area contributed by atoms with Crippen LogP contribution in [0.25, 0.3) is 0 Å². The molecule has 2 nitrogen and oxygen atoms in total. The first-order valence-electron chi connectivity index (χ1n) is 9.17. The summed E-state index contributed by atoms with van der Waals surface area (Å²) >= 11 is 0. The van der Waals surface area contributed by atoms with Crippen molar-refractivity contribution in [3.05, 3.63) is 0 Å². The monoisotopic (exact) mass is 282 g/mol. The van der Waals surface area contributed by atoms with E-state index in [9.17, 15) is 0 Å². The van der Waals surface area contributed by atoms with Crippen LogP contribution in [0.15, 0.2) is 0 Å². The number of likely N-dealkylation sites (N-methyl/N-ethyl adjacent to an activating group) is 1. The van der Waals surface area contributed by atoms with E-state index in [0.29, 0.717) is 5.54 Å². The normalized spacial score (nSPS) is 20.9. The third-order valence-electron chi connectivity index (χ3n) is 5.49. The van der Waals surface area contributed by atoms with E-state index in [1.165, 1.54) is 77.3 Å². The molecule has 0 aromatic rings. The maximum atomic E-state index is 6.26. The van der Waals surface area contributed by atoms with Crippen molar-refractivity contribution in [2.75, 3.05) is 19.6 Å². The number of nitrogens with zero attached hydrogens (tertiary/aromatic N) is 1. The fourth-order valence-corrected chi connectivity index (χ4v) is 3.92. The highest BCUT2D eigenvalue weighted by atomic mass is 15.2. The molecular formula is C18H38N2. The van der Waals surface area contributed by atoms with Crippen molar-refractivity contribution in [1.29, 1.82) is 0 Å². The van der Waals surface area contributed by atoms with Gasteiger partial charge in [0.15, 0.2) is 0 Å². The Morgan fingerprint density at radius 1 is 1.05 bits per heavy atom. The van der Waals surface area contributed by atoms with Gasteiger partial charge in [-0.15, -0.1) is 0 Å². The van der Waals surface area contributed by atoms with Crippen molar-refractivity contribution in [1.82, 2.24) is 4.90 Å². The second-order valence-corrected chi connectivity index (χ2v) is 6.80. The third kappa shape index (κ3) is 5.04. The van der Waals surface area contributed by atoms with Crippen LogP contribution in [0.3, 0.4) is 0 Å². The van der Waals surface area contributed by atoms with Crippen molar-refractivity contribution in [3.8, 4) is 0 Å². The van der Waals surface area contributed by atoms with Gasteiger partial charge in [-0.3, -0.25) is 4.90 Å². The van der Waals surface area contributed by atoms with Gasteiger partial charge in [0.05, 0.1) is 0 Å². The molecule has 2 N–H and O–H groups in total. The van der Waals surface area contributed by atoms with Gasteiger partial charge in [-0.2, -0.15) is 0 Å². The predicted molar refractivity (Wildman–Crippen MR) is 90.0 cm³/mol. The lowest BCUT2D eigenvalue weighted by atomic mass is 9.86. The molecule has 1 aliphatic carbocycles. The van der Waals surface area contributed by atoms with Gasteiger partial charge in [0.2, 0.25) is 0 Å². The van der Waals surface area contributed by atoms with E-state index < -0.39 is 0 Å². The fraction of sp³-hybridized carbons (Fsp3) is 1.00. The molecule has 0 bridgehead atoms. The Balaban J connectivity index is 2.68. The van der Waals surface area contributed by atoms with Crippen LogP contribution in [0.1, 0.15) is 85.0 Å². The molecule has 0 aliphatic heterocycles. The van der Waals surface area contributed by atoms with E-state index in [1.54, 1.807) is 0 Å². The second-order valence-electron chi connectivity index (χ2n) is 6.80. The standard InChI is InChI=1S/C18H38N2/c1-4-7-12-17(5-2)15-20(6-3)18(16-19)13-10-8-9-11-14-18/h17H,4-16,19H2,1-3H3. The van der Waals surface area contributed by atoms with Gasteiger partial charge in [-0.05, 0) is 31.7 Å². The molecule has 120 valence electrons. The topological polar surface area (TPSA) is 29.3 Å². The molecule has 0 heterocycles. The average Bonchev–Trinajstić information content (AvgIpc) is 2.74. The average molecular weight is 283 g/mol. The van der Waals surface area contributed by atoms with E-state index in [4.69, 9.17) is 5.73 Å². The maximum absolute atomic E-state index is 6.26. The molecule has 0 amide bonds. The summed E-state index contributed by atoms with van der Waals surface area (Å²) in [4.78, 5) is 2.75. The molecule has 0 saturated heterocycles. The van der Waals surface area contributed by atoms with Crippen LogP contribution in [0.2, 0.25) is 0 Å². The summed E-state index contributed by atoms with van der Waals surface area (Å²) in [5.74, 6) is 0.863. The Hall–Kier alpha value is -0.0800. The van der Waals surface area contributed by atoms with Crippen LogP contribution in [0.5, 0.6) is 0 Å². The van der Waals surface area contributed by atoms with E-state index in [0.717, 1.165) is 12.5 Å². The van der Waals surface area contributed by atoms with Crippen molar-refractivity contribution >= 4 is 0 Å². The number of hydrogen-bond acceptors (Lipinski definition) is 2. The number of nitrogens with two attached hydrogens (primary N) is 1. The molecule has 1 aliphatic rings. The summed E-state index contributed by atoms with van der Waals surface area (Å²) in [7, 11) is 0. The highest BCUT2D eigenvalue weighted by molar-refractivity contribution is 4.93. The van der Waals surface area contributed by atoms with Crippen LogP contribution >= 0.6 is 0 Å². The Labute approximate surface area is 127 Å². The van der Waals surface area contributed by atoms with Gasteiger partial charge < -0.3 is 5.73 Å². The molecule has 1 atom stereocenters. The van der Waals surface area contributed by atoms with Crippen molar-refractivity contribution in [2.24, 2.45) is 11.7 Å². The second kappa shape index (κ2) is 9.78. The maximum Gasteiger partial charge on any atom is 0.0331 e. The smallest absolute Gasteiger partial charge is 0.0331 e. The molecule has 1 rings (SSSR count). The van der Waals surface area contributed by atoms with Gasteiger partial charge in [0.25, 0.3) is 0 Å². The summed E-state index contributed by atoms with van der Waals surface area (Å²) in [5, 5.41) is 0. The summed E-state index contributed by atoms with van der Waals surface area (Å²) in [6.07, 6.45) is 13.6. The third-order valence-corrected chi connectivity index (χ3v) is 5.49. The zero-order valence-electron chi connectivity index (χ0n) is 14.3. The van der Waals surface area contributed by atoms with Gasteiger partial charge in [-0.1, -0.05) is 65.7 Å². The Bertz CT molecular complexity index is 232. The van der Waals surface area contributed by atoms with Crippen LogP contribution in [0.4, 0.5) is 0 Å². The van der Waals surface area contributed by atoms with Crippen molar-refractivity contribution in [3.63, 3.8) is 0 Å². The van der Waals surface area contributed by atoms with Gasteiger partial charge >= 0.3 is 0 Å². The molecule has 0 radical (unpaired) electrons. The Morgan fingerprint density at radius 2 is 1.70 bits per heavy atom. The lowest BCUT2D eigenvalue weighted by molar-refractivity contribution is 0.0636. The Morgan fingerprint density at radius 3 is 2.15 bits per heavy atom. The van der Waals surface area contributed by atoms with E-state index >= 15 is 0 Å². The minimum absolute atomic E-state index is 0.310. The minimum atomic E-state index is 0.310. The number of rotatable bonds is 9. The molecule has 1 fully saturated rings. The highest BCUT2D eigenvalue weighted by Crippen LogP contribution is 2.33. The minimum Gasteiger partial charge on any atom is -0.329 e. The summed E-state index contributed by atoms with van der Waals surface area (Å²) in [6, 6.07) is 0. The fourth-order valence-electron chi connectivity index (χ4n) is 3.92. The molecule has 0 aromatic carbocycles. The largest absolute Gasteiger partial charge is 0.329 e. The van der Waals surface area contributed by atoms with Crippen molar-refractivity contribution in [2.45, 2.75) is 90.5 Å². The van der Waals surface area contributed by atoms with Crippen LogP contribution < -0.4 is 5.73 Å². The molecule has 0 spiro atoms. The van der Waals surface area contributed by atoms with E-state index in [2.05, 4.69) is 25.7 Å². The molecule has 2 heteroatoms. The highest BCUT2D eigenvalue weighted by Gasteiger charge is 2.35. The lowest BCUT2D eigenvalue weighted by Crippen LogP contribution is -2.55. The SMILES string of the molecule is CCCCC(CC)CN(CC)C1(CN)CCCCCC1. The predicted octanol–water partition coefficient (Wildman–Crippen LogP) is 4.58. The first-order chi connectivity index (χ1) is 9.72. The molecule has 1 unspecified atom stereocenters. The zero-order chi connectivity index (χ0) is 14.8. The summed E-state index contributed by atoms with van der Waals surface area (Å²) in [6.45, 7) is 10.3. The van der Waals surface area contributed by atoms with E-state index in [1.807, 2.05) is 0 Å². The molecule has 1 saturated carbocycles. The van der Waals surface area contributed by atoms with Crippen LogP contribution in [-0.2, 0) is 0 Å². The lowest BCUT2D eigenvalue weighted by Gasteiger charge is -2.44. The first kappa shape index (κ1) is 18.0. The summed E-state index contributed by atoms with van der Waals surface area (Å²) in [5.41, 5.74) is 6.57. The molecule has 0 aromatic heterocycles. The molecule has 20 heavy (non-hydrogen) atoms. The van der Waals surface area contributed by atoms with Crippen LogP contribution in [0, 0.1) is 5.92 Å². The van der Waals surface area contributed by atoms with Gasteiger partial charge in [0, 0.05) is 18.6 Å². The van der Waals surface area contributed by atoms with Crippen LogP contribution in [-0.4, -0.2) is 30.1 Å². The Kier molecular flexibility index (Phi) is 8.79. The summed E-state index contributed by atoms with van der Waals surface area (Å²) < 4.78 is 0.